The van der Waals surface area contributed by atoms with Crippen LogP contribution >= 0.6 is 0 Å². The first-order valence-electron chi connectivity index (χ1n) is 14.2. The van der Waals surface area contributed by atoms with Crippen molar-refractivity contribution < 1.29 is 14.3 Å². The van der Waals surface area contributed by atoms with E-state index >= 15 is 0 Å². The molecule has 1 amide bonds. The van der Waals surface area contributed by atoms with Crippen LogP contribution in [0.3, 0.4) is 0 Å². The number of nitrogens with zero attached hydrogens (tertiary/aromatic N) is 1. The number of carbonyl (C=O) groups excluding carboxylic acids is 2. The largest absolute Gasteiger partial charge is 0.493 e. The van der Waals surface area contributed by atoms with Gasteiger partial charge in [0, 0.05) is 37.4 Å². The molecule has 2 heterocycles. The number of carbonyl (C=O) groups is 2. The molecule has 4 nitrogen and oxygen atoms in total. The van der Waals surface area contributed by atoms with Crippen LogP contribution in [-0.4, -0.2) is 36.3 Å². The van der Waals surface area contributed by atoms with Gasteiger partial charge in [-0.25, -0.2) is 0 Å². The van der Waals surface area contributed by atoms with Gasteiger partial charge >= 0.3 is 0 Å². The van der Waals surface area contributed by atoms with E-state index in [0.29, 0.717) is 25.4 Å². The number of hydrogen-bond donors (Lipinski definition) is 0. The Labute approximate surface area is 217 Å². The maximum atomic E-state index is 12.9. The molecule has 0 aromatic heterocycles. The molecule has 0 spiro atoms. The Hall–Kier alpha value is -2.62. The van der Waals surface area contributed by atoms with E-state index in [0.717, 1.165) is 56.5 Å². The highest BCUT2D eigenvalue weighted by Crippen LogP contribution is 2.31. The lowest BCUT2D eigenvalue weighted by Crippen LogP contribution is -2.25. The highest BCUT2D eigenvalue weighted by molar-refractivity contribution is 5.96. The number of Topliss-reactive ketones (excluding diaryl/α,β-unsaturated/α-hetero) is 1. The number of ether oxygens (including phenoxy) is 1. The Balaban J connectivity index is 1.23. The number of rotatable bonds is 13. The molecule has 36 heavy (non-hydrogen) atoms. The topological polar surface area (TPSA) is 46.6 Å². The van der Waals surface area contributed by atoms with Crippen LogP contribution in [-0.2, 0) is 24.1 Å². The predicted octanol–water partition coefficient (Wildman–Crippen LogP) is 6.82. The lowest BCUT2D eigenvalue weighted by Gasteiger charge is -2.26. The Morgan fingerprint density at radius 2 is 1.89 bits per heavy atom. The summed E-state index contributed by atoms with van der Waals surface area (Å²) in [7, 11) is 0. The van der Waals surface area contributed by atoms with Gasteiger partial charge in [-0.1, -0.05) is 75.9 Å². The molecule has 2 aromatic carbocycles. The number of aryl methyl sites for hydroxylation is 1. The zero-order valence-electron chi connectivity index (χ0n) is 22.3. The summed E-state index contributed by atoms with van der Waals surface area (Å²) in [6, 6.07) is 14.7. The maximum absolute atomic E-state index is 12.9. The van der Waals surface area contributed by atoms with Crippen molar-refractivity contribution in [3.63, 3.8) is 0 Å². The predicted molar refractivity (Wildman–Crippen MR) is 146 cm³/mol. The summed E-state index contributed by atoms with van der Waals surface area (Å²) in [5.74, 6) is 2.42. The molecule has 0 N–H and O–H groups in total. The second-order valence-electron chi connectivity index (χ2n) is 11.0. The molecule has 0 bridgehead atoms. The number of ketones is 1. The van der Waals surface area contributed by atoms with Gasteiger partial charge in [0.2, 0.25) is 5.91 Å². The van der Waals surface area contributed by atoms with Crippen molar-refractivity contribution in [3.05, 3.63) is 64.7 Å². The number of hydrogen-bond acceptors (Lipinski definition) is 3. The minimum absolute atomic E-state index is 0.193. The van der Waals surface area contributed by atoms with Gasteiger partial charge in [-0.3, -0.25) is 9.59 Å². The van der Waals surface area contributed by atoms with E-state index in [-0.39, 0.29) is 17.6 Å². The summed E-state index contributed by atoms with van der Waals surface area (Å²) >= 11 is 0. The van der Waals surface area contributed by atoms with Gasteiger partial charge in [-0.2, -0.15) is 0 Å². The Kier molecular flexibility index (Phi) is 9.60. The highest BCUT2D eigenvalue weighted by atomic mass is 16.5. The third kappa shape index (κ3) is 7.44. The van der Waals surface area contributed by atoms with Crippen LogP contribution in [0.4, 0.5) is 0 Å². The molecular weight excluding hydrogens is 446 g/mol. The third-order valence-electron chi connectivity index (χ3n) is 7.81. The molecule has 2 atom stereocenters. The fourth-order valence-corrected chi connectivity index (χ4v) is 5.64. The Bertz CT molecular complexity index is 1010. The van der Waals surface area contributed by atoms with E-state index in [1.54, 1.807) is 0 Å². The van der Waals surface area contributed by atoms with E-state index in [2.05, 4.69) is 44.2 Å². The van der Waals surface area contributed by atoms with Gasteiger partial charge in [0.25, 0.3) is 0 Å². The first-order valence-corrected chi connectivity index (χ1v) is 14.2. The average molecular weight is 490 g/mol. The maximum Gasteiger partial charge on any atom is 0.222 e. The SMILES string of the molecule is CCCCCC(C)Cc1ccc2c(c1)OC[C@H](CC(=O)c1ccc(CCCN3CCCC3=O)cc1)C2. The van der Waals surface area contributed by atoms with Crippen LogP contribution in [0.1, 0.15) is 92.3 Å². The van der Waals surface area contributed by atoms with Crippen molar-refractivity contribution in [2.24, 2.45) is 11.8 Å². The summed E-state index contributed by atoms with van der Waals surface area (Å²) in [6.07, 6.45) is 11.3. The summed E-state index contributed by atoms with van der Waals surface area (Å²) in [5.41, 5.74) is 4.60. The van der Waals surface area contributed by atoms with Crippen molar-refractivity contribution in [3.8, 4) is 5.75 Å². The molecule has 4 heteroatoms. The van der Waals surface area contributed by atoms with Crippen LogP contribution in [0, 0.1) is 11.8 Å². The first kappa shape index (κ1) is 26.4. The zero-order chi connectivity index (χ0) is 25.3. The molecular formula is C32H43NO3. The molecule has 1 unspecified atom stereocenters. The fraction of sp³-hybridized carbons (Fsp3) is 0.562. The number of likely N-dealkylation sites (tertiary alicyclic amines) is 1. The normalized spacial score (nSPS) is 18.1. The number of benzene rings is 2. The molecule has 0 saturated carbocycles. The minimum atomic E-state index is 0.193. The third-order valence-corrected chi connectivity index (χ3v) is 7.81. The average Bonchev–Trinajstić information content (AvgIpc) is 3.29. The summed E-state index contributed by atoms with van der Waals surface area (Å²) in [5, 5.41) is 0. The summed E-state index contributed by atoms with van der Waals surface area (Å²) < 4.78 is 6.13. The highest BCUT2D eigenvalue weighted by Gasteiger charge is 2.23. The van der Waals surface area contributed by atoms with Gasteiger partial charge in [0.1, 0.15) is 5.75 Å². The molecule has 2 aliphatic heterocycles. The molecule has 2 aliphatic rings. The van der Waals surface area contributed by atoms with E-state index < -0.39 is 0 Å². The van der Waals surface area contributed by atoms with E-state index in [4.69, 9.17) is 4.74 Å². The van der Waals surface area contributed by atoms with Crippen molar-refractivity contribution in [2.45, 2.75) is 84.5 Å². The molecule has 0 radical (unpaired) electrons. The smallest absolute Gasteiger partial charge is 0.222 e. The van der Waals surface area contributed by atoms with Gasteiger partial charge in [0.05, 0.1) is 6.61 Å². The van der Waals surface area contributed by atoms with E-state index in [1.165, 1.54) is 42.4 Å². The standard InChI is InChI=1S/C32H43NO3/c1-3-4-5-8-24(2)19-26-13-16-29-20-27(23-36-31(29)22-26)21-30(34)28-14-11-25(12-15-28)9-6-17-33-18-7-10-32(33)35/h11-16,22,24,27H,3-10,17-21,23H2,1-2H3/t24?,27-/m0/s1. The molecule has 4 rings (SSSR count). The van der Waals surface area contributed by atoms with E-state index in [9.17, 15) is 9.59 Å². The molecule has 1 fully saturated rings. The second kappa shape index (κ2) is 13.1. The van der Waals surface area contributed by atoms with Gasteiger partial charge in [-0.05, 0) is 60.8 Å². The van der Waals surface area contributed by atoms with Crippen molar-refractivity contribution in [1.82, 2.24) is 4.90 Å². The molecule has 2 aromatic rings. The van der Waals surface area contributed by atoms with Crippen LogP contribution < -0.4 is 4.74 Å². The first-order chi connectivity index (χ1) is 17.5. The van der Waals surface area contributed by atoms with Crippen LogP contribution in [0.25, 0.3) is 0 Å². The molecule has 194 valence electrons. The van der Waals surface area contributed by atoms with Crippen molar-refractivity contribution in [1.29, 1.82) is 0 Å². The summed E-state index contributed by atoms with van der Waals surface area (Å²) in [4.78, 5) is 26.7. The number of fused-ring (bicyclic) bond motifs is 1. The zero-order valence-corrected chi connectivity index (χ0v) is 22.3. The summed E-state index contributed by atoms with van der Waals surface area (Å²) in [6.45, 7) is 6.96. The molecule has 1 saturated heterocycles. The van der Waals surface area contributed by atoms with Crippen molar-refractivity contribution >= 4 is 11.7 Å². The molecule has 0 aliphatic carbocycles. The second-order valence-corrected chi connectivity index (χ2v) is 11.0. The lowest BCUT2D eigenvalue weighted by atomic mass is 9.89. The monoisotopic (exact) mass is 489 g/mol. The number of amides is 1. The van der Waals surface area contributed by atoms with Gasteiger partial charge in [-0.15, -0.1) is 0 Å². The quantitative estimate of drug-likeness (QED) is 0.229. The van der Waals surface area contributed by atoms with Crippen molar-refractivity contribution in [2.75, 3.05) is 19.7 Å². The van der Waals surface area contributed by atoms with Crippen LogP contribution in [0.2, 0.25) is 0 Å². The number of unbranched alkanes of at least 4 members (excludes halogenated alkanes) is 2. The van der Waals surface area contributed by atoms with Gasteiger partial charge in [0.15, 0.2) is 5.78 Å². The Morgan fingerprint density at radius 1 is 1.08 bits per heavy atom. The lowest BCUT2D eigenvalue weighted by molar-refractivity contribution is -0.127. The van der Waals surface area contributed by atoms with Gasteiger partial charge < -0.3 is 9.64 Å². The van der Waals surface area contributed by atoms with Crippen LogP contribution in [0.15, 0.2) is 42.5 Å². The Morgan fingerprint density at radius 3 is 2.64 bits per heavy atom. The van der Waals surface area contributed by atoms with Crippen LogP contribution in [0.5, 0.6) is 5.75 Å². The van der Waals surface area contributed by atoms with E-state index in [1.807, 2.05) is 17.0 Å². The minimum Gasteiger partial charge on any atom is -0.493 e. The fourth-order valence-electron chi connectivity index (χ4n) is 5.64.